The van der Waals surface area contributed by atoms with Crippen molar-refractivity contribution < 1.29 is 10.0 Å². The molecule has 0 fully saturated rings. The number of hydrogen-bond acceptors (Lipinski definition) is 5. The smallest absolute Gasteiger partial charge is 0.423 e. The number of fused-ring (bicyclic) bond motifs is 1. The molecule has 72 valence electrons. The predicted octanol–water partition coefficient (Wildman–Crippen LogP) is 0.452. The third-order valence-corrected chi connectivity index (χ3v) is 3.31. The molecule has 6 heteroatoms. The molecule has 4 N–H and O–H groups in total. The van der Waals surface area contributed by atoms with Crippen LogP contribution in [0.4, 0.5) is 5.69 Å². The van der Waals surface area contributed by atoms with Gasteiger partial charge in [0, 0.05) is 20.7 Å². The predicted molar refractivity (Wildman–Crippen MR) is 63.3 cm³/mol. The van der Waals surface area contributed by atoms with Gasteiger partial charge in [0.1, 0.15) is 0 Å². The molecule has 1 aromatic carbocycles. The van der Waals surface area contributed by atoms with Gasteiger partial charge >= 0.3 is 7.12 Å². The standard InChI is InChI=1S/C8H8BNO2S2/c10-8-5(13)3-6-4(1-2-14-6)7(8)9(11)12/h1-3,11-13H,10H2. The Labute approximate surface area is 90.7 Å². The van der Waals surface area contributed by atoms with E-state index >= 15 is 0 Å². The average Bonchev–Trinajstić information content (AvgIpc) is 2.52. The van der Waals surface area contributed by atoms with Crippen LogP contribution in [0, 0.1) is 0 Å². The molecule has 0 unspecified atom stereocenters. The summed E-state index contributed by atoms with van der Waals surface area (Å²) >= 11 is 5.69. The van der Waals surface area contributed by atoms with E-state index in [-0.39, 0.29) is 0 Å². The molecule has 1 heterocycles. The fourth-order valence-corrected chi connectivity index (χ4v) is 2.60. The van der Waals surface area contributed by atoms with E-state index in [1.54, 1.807) is 0 Å². The fourth-order valence-electron chi connectivity index (χ4n) is 1.42. The summed E-state index contributed by atoms with van der Waals surface area (Å²) in [6, 6.07) is 3.64. The van der Waals surface area contributed by atoms with Gasteiger partial charge in [-0.05, 0) is 22.9 Å². The molecule has 0 aliphatic heterocycles. The lowest BCUT2D eigenvalue weighted by molar-refractivity contribution is 0.426. The minimum Gasteiger partial charge on any atom is -0.423 e. The fraction of sp³-hybridized carbons (Fsp3) is 0. The number of nitrogens with two attached hydrogens (primary N) is 1. The zero-order valence-electron chi connectivity index (χ0n) is 7.14. The number of rotatable bonds is 1. The number of benzene rings is 1. The Bertz CT molecular complexity index is 483. The van der Waals surface area contributed by atoms with Gasteiger partial charge in [-0.25, -0.2) is 0 Å². The summed E-state index contributed by atoms with van der Waals surface area (Å²) in [5, 5.41) is 21.0. The summed E-state index contributed by atoms with van der Waals surface area (Å²) < 4.78 is 0.951. The molecule has 2 rings (SSSR count). The SMILES string of the molecule is Nc1c(S)cc2sccc2c1B(O)O. The van der Waals surface area contributed by atoms with Gasteiger partial charge in [0.25, 0.3) is 0 Å². The van der Waals surface area contributed by atoms with Crippen LogP contribution in [-0.2, 0) is 0 Å². The van der Waals surface area contributed by atoms with Gasteiger partial charge in [-0.1, -0.05) is 0 Å². The third kappa shape index (κ3) is 1.40. The van der Waals surface area contributed by atoms with Crippen molar-refractivity contribution in [2.75, 3.05) is 5.73 Å². The molecule has 0 aliphatic rings. The second-order valence-electron chi connectivity index (χ2n) is 2.93. The van der Waals surface area contributed by atoms with Gasteiger partial charge in [-0.2, -0.15) is 0 Å². The van der Waals surface area contributed by atoms with E-state index in [0.717, 1.165) is 10.1 Å². The first kappa shape index (κ1) is 9.85. The molecule has 0 aliphatic carbocycles. The minimum atomic E-state index is -1.56. The number of thiol groups is 1. The quantitative estimate of drug-likeness (QED) is 0.323. The summed E-state index contributed by atoms with van der Waals surface area (Å²) in [6.45, 7) is 0. The molecule has 3 nitrogen and oxygen atoms in total. The van der Waals surface area contributed by atoms with E-state index in [9.17, 15) is 10.0 Å². The number of anilines is 1. The van der Waals surface area contributed by atoms with Crippen molar-refractivity contribution in [3.8, 4) is 0 Å². The lowest BCUT2D eigenvalue weighted by atomic mass is 9.77. The minimum absolute atomic E-state index is 0.328. The lowest BCUT2D eigenvalue weighted by Gasteiger charge is -2.08. The highest BCUT2D eigenvalue weighted by atomic mass is 32.1. The highest BCUT2D eigenvalue weighted by molar-refractivity contribution is 7.80. The maximum atomic E-state index is 9.19. The Morgan fingerprint density at radius 3 is 2.79 bits per heavy atom. The molecule has 0 spiro atoms. The van der Waals surface area contributed by atoms with Crippen LogP contribution in [0.15, 0.2) is 22.4 Å². The molecule has 0 bridgehead atoms. The number of hydrogen-bond donors (Lipinski definition) is 4. The highest BCUT2D eigenvalue weighted by Crippen LogP contribution is 2.26. The van der Waals surface area contributed by atoms with Crippen LogP contribution in [0.5, 0.6) is 0 Å². The first-order valence-electron chi connectivity index (χ1n) is 3.96. The van der Waals surface area contributed by atoms with Crippen LogP contribution < -0.4 is 11.2 Å². The van der Waals surface area contributed by atoms with Crippen LogP contribution >= 0.6 is 24.0 Å². The zero-order chi connectivity index (χ0) is 10.3. The largest absolute Gasteiger partial charge is 0.491 e. The lowest BCUT2D eigenvalue weighted by Crippen LogP contribution is -2.33. The normalized spacial score (nSPS) is 10.8. The van der Waals surface area contributed by atoms with E-state index in [1.807, 2.05) is 17.5 Å². The molecular formula is C8H8BNO2S2. The second-order valence-corrected chi connectivity index (χ2v) is 4.36. The summed E-state index contributed by atoms with van der Waals surface area (Å²) in [7, 11) is -1.56. The average molecular weight is 225 g/mol. The first-order valence-corrected chi connectivity index (χ1v) is 5.28. The van der Waals surface area contributed by atoms with Gasteiger partial charge in [0.15, 0.2) is 0 Å². The highest BCUT2D eigenvalue weighted by Gasteiger charge is 2.20. The second kappa shape index (κ2) is 3.47. The van der Waals surface area contributed by atoms with Crippen LogP contribution in [0.1, 0.15) is 0 Å². The van der Waals surface area contributed by atoms with E-state index in [2.05, 4.69) is 12.6 Å². The number of thiophene rings is 1. The van der Waals surface area contributed by atoms with Crippen LogP contribution in [0.25, 0.3) is 10.1 Å². The van der Waals surface area contributed by atoms with Gasteiger partial charge in [-0.3, -0.25) is 0 Å². The molecule has 0 atom stereocenters. The van der Waals surface area contributed by atoms with Crippen molar-refractivity contribution in [2.24, 2.45) is 0 Å². The molecular weight excluding hydrogens is 217 g/mol. The van der Waals surface area contributed by atoms with Gasteiger partial charge < -0.3 is 15.8 Å². The maximum absolute atomic E-state index is 9.19. The zero-order valence-corrected chi connectivity index (χ0v) is 8.85. The molecule has 14 heavy (non-hydrogen) atoms. The molecule has 2 aromatic rings. The third-order valence-electron chi connectivity index (χ3n) is 2.08. The molecule has 1 aromatic heterocycles. The van der Waals surface area contributed by atoms with Crippen molar-refractivity contribution in [2.45, 2.75) is 4.90 Å². The Balaban J connectivity index is 2.86. The Kier molecular flexibility index (Phi) is 2.44. The summed E-state index contributed by atoms with van der Waals surface area (Å²) in [4.78, 5) is 0.572. The Morgan fingerprint density at radius 2 is 2.14 bits per heavy atom. The van der Waals surface area contributed by atoms with Gasteiger partial charge in [0.05, 0.1) is 0 Å². The van der Waals surface area contributed by atoms with Crippen molar-refractivity contribution in [3.05, 3.63) is 17.5 Å². The van der Waals surface area contributed by atoms with Crippen molar-refractivity contribution in [1.82, 2.24) is 0 Å². The van der Waals surface area contributed by atoms with Crippen molar-refractivity contribution in [1.29, 1.82) is 0 Å². The molecule has 0 saturated carbocycles. The van der Waals surface area contributed by atoms with E-state index in [4.69, 9.17) is 5.73 Å². The molecule has 0 amide bonds. The van der Waals surface area contributed by atoms with Crippen molar-refractivity contribution in [3.63, 3.8) is 0 Å². The van der Waals surface area contributed by atoms with Gasteiger partial charge in [0.2, 0.25) is 0 Å². The monoisotopic (exact) mass is 225 g/mol. The Morgan fingerprint density at radius 1 is 1.43 bits per heavy atom. The van der Waals surface area contributed by atoms with E-state index < -0.39 is 7.12 Å². The van der Waals surface area contributed by atoms with Gasteiger partial charge in [-0.15, -0.1) is 24.0 Å². The molecule has 0 radical (unpaired) electrons. The van der Waals surface area contributed by atoms with Crippen LogP contribution in [0.2, 0.25) is 0 Å². The summed E-state index contributed by atoms with van der Waals surface area (Å²) in [5.74, 6) is 0. The summed E-state index contributed by atoms with van der Waals surface area (Å²) in [5.41, 5.74) is 6.39. The summed E-state index contributed by atoms with van der Waals surface area (Å²) in [6.07, 6.45) is 0. The van der Waals surface area contributed by atoms with Crippen LogP contribution in [-0.4, -0.2) is 17.2 Å². The first-order chi connectivity index (χ1) is 6.61. The maximum Gasteiger partial charge on any atom is 0.491 e. The molecule has 0 saturated heterocycles. The van der Waals surface area contributed by atoms with E-state index in [0.29, 0.717) is 16.0 Å². The topological polar surface area (TPSA) is 66.5 Å². The Hall–Kier alpha value is -0.685. The number of nitrogen functional groups attached to an aromatic ring is 1. The van der Waals surface area contributed by atoms with E-state index in [1.165, 1.54) is 11.3 Å². The van der Waals surface area contributed by atoms with Crippen LogP contribution in [0.3, 0.4) is 0 Å². The van der Waals surface area contributed by atoms with Crippen molar-refractivity contribution >= 4 is 52.3 Å².